The molecule has 0 unspecified atom stereocenters. The predicted octanol–water partition coefficient (Wildman–Crippen LogP) is 2.76. The smallest absolute Gasteiger partial charge is 0.425 e. The second kappa shape index (κ2) is 9.49. The quantitative estimate of drug-likeness (QED) is 0.351. The topological polar surface area (TPSA) is 205 Å². The van der Waals surface area contributed by atoms with E-state index >= 15 is 0 Å². The molecule has 15 heteroatoms. The monoisotopic (exact) mass is 502 g/mol. The van der Waals surface area contributed by atoms with Crippen LogP contribution in [0.3, 0.4) is 0 Å². The van der Waals surface area contributed by atoms with Crippen molar-refractivity contribution in [2.24, 2.45) is 10.2 Å². The lowest BCUT2D eigenvalue weighted by Crippen LogP contribution is -1.98. The van der Waals surface area contributed by atoms with Crippen molar-refractivity contribution >= 4 is 53.0 Å². The highest BCUT2D eigenvalue weighted by Gasteiger charge is 2.17. The predicted molar refractivity (Wildman–Crippen MR) is 110 cm³/mol. The van der Waals surface area contributed by atoms with Gasteiger partial charge in [0.15, 0.2) is 5.75 Å². The summed E-state index contributed by atoms with van der Waals surface area (Å²) in [6.45, 7) is 1.55. The number of azo groups is 1. The molecule has 0 spiro atoms. The van der Waals surface area contributed by atoms with Gasteiger partial charge in [0.2, 0.25) is 0 Å². The van der Waals surface area contributed by atoms with Gasteiger partial charge in [-0.3, -0.25) is 9.11 Å². The summed E-state index contributed by atoms with van der Waals surface area (Å²) in [5.41, 5.74) is 0.251. The molecular formula is C17H14N2O10S3. The molecular weight excluding hydrogens is 488 g/mol. The molecule has 32 heavy (non-hydrogen) atoms. The molecule has 12 nitrogen and oxygen atoms in total. The van der Waals surface area contributed by atoms with E-state index in [1.165, 1.54) is 42.5 Å². The number of hydrogen-bond donors (Lipinski definition) is 3. The number of hydrogen-bond acceptors (Lipinski definition) is 10. The number of phenolic OH excluding ortho intramolecular Hbond substituents is 1. The number of rotatable bonds is 4. The van der Waals surface area contributed by atoms with Crippen molar-refractivity contribution in [1.82, 2.24) is 0 Å². The fourth-order valence-electron chi connectivity index (χ4n) is 2.71. The first-order chi connectivity index (χ1) is 14.7. The number of benzene rings is 3. The Labute approximate surface area is 183 Å². The Bertz CT molecular complexity index is 1540. The summed E-state index contributed by atoms with van der Waals surface area (Å²) < 4.78 is 89.3. The van der Waals surface area contributed by atoms with Gasteiger partial charge in [0, 0.05) is 5.39 Å². The third kappa shape index (κ3) is 6.14. The molecule has 0 heterocycles. The highest BCUT2D eigenvalue weighted by molar-refractivity contribution is 7.86. The SMILES string of the molecule is Cc1cc(S(=O)(=O)O)cc2ccc(N=Nc3ccccc3S(=O)(=O)O)c(O)c12.O=S(=O)=O. The molecule has 0 saturated heterocycles. The molecule has 0 aromatic heterocycles. The fraction of sp³-hybridized carbons (Fsp3) is 0.0588. The third-order valence-electron chi connectivity index (χ3n) is 3.95. The van der Waals surface area contributed by atoms with Gasteiger partial charge < -0.3 is 5.11 Å². The molecule has 0 aliphatic heterocycles. The molecule has 3 aromatic rings. The number of aryl methyl sites for hydroxylation is 1. The van der Waals surface area contributed by atoms with E-state index in [0.717, 1.165) is 6.07 Å². The molecule has 3 rings (SSSR count). The van der Waals surface area contributed by atoms with Gasteiger partial charge in [-0.1, -0.05) is 18.2 Å². The standard InChI is InChI=1S/C17H14N2O7S2.O3S/c1-10-8-12(27(21,22)23)9-11-6-7-14(17(20)16(10)11)19-18-13-4-2-3-5-15(13)28(24,25)26;1-4(2)3/h2-9,20H,1H3,(H,21,22,23)(H,24,25,26);. The summed E-state index contributed by atoms with van der Waals surface area (Å²) in [6, 6.07) is 10.6. The Balaban J connectivity index is 0.000000837. The molecule has 0 aliphatic rings. The summed E-state index contributed by atoms with van der Waals surface area (Å²) in [6.07, 6.45) is 0. The van der Waals surface area contributed by atoms with Crippen LogP contribution >= 0.6 is 0 Å². The van der Waals surface area contributed by atoms with Crippen LogP contribution < -0.4 is 0 Å². The Kier molecular flexibility index (Phi) is 7.42. The van der Waals surface area contributed by atoms with Crippen LogP contribution in [0.4, 0.5) is 11.4 Å². The summed E-state index contributed by atoms with van der Waals surface area (Å²) in [7, 11) is -12.0. The van der Waals surface area contributed by atoms with E-state index in [9.17, 15) is 31.0 Å². The van der Waals surface area contributed by atoms with Crippen molar-refractivity contribution < 1.29 is 43.7 Å². The highest BCUT2D eigenvalue weighted by Crippen LogP contribution is 2.39. The van der Waals surface area contributed by atoms with Crippen molar-refractivity contribution in [3.8, 4) is 5.75 Å². The molecule has 0 amide bonds. The average molecular weight is 503 g/mol. The first-order valence-corrected chi connectivity index (χ1v) is 12.1. The summed E-state index contributed by atoms with van der Waals surface area (Å²) in [5.74, 6) is -0.301. The molecule has 0 bridgehead atoms. The minimum Gasteiger partial charge on any atom is -0.505 e. The zero-order valence-electron chi connectivity index (χ0n) is 15.9. The normalized spacial score (nSPS) is 11.8. The van der Waals surface area contributed by atoms with Crippen molar-refractivity contribution in [2.75, 3.05) is 0 Å². The van der Waals surface area contributed by atoms with Crippen LogP contribution in [-0.2, 0) is 30.8 Å². The van der Waals surface area contributed by atoms with E-state index in [2.05, 4.69) is 10.2 Å². The number of fused-ring (bicyclic) bond motifs is 1. The van der Waals surface area contributed by atoms with Gasteiger partial charge in [-0.2, -0.15) is 16.8 Å². The molecule has 170 valence electrons. The minimum atomic E-state index is -4.50. The van der Waals surface area contributed by atoms with Crippen LogP contribution in [-0.4, -0.2) is 43.7 Å². The van der Waals surface area contributed by atoms with Crippen molar-refractivity contribution in [3.05, 3.63) is 54.1 Å². The van der Waals surface area contributed by atoms with Crippen LogP contribution in [0.1, 0.15) is 5.56 Å². The van der Waals surface area contributed by atoms with Crippen molar-refractivity contribution in [2.45, 2.75) is 16.7 Å². The lowest BCUT2D eigenvalue weighted by molar-refractivity contribution is 0.480. The first-order valence-electron chi connectivity index (χ1n) is 8.20. The van der Waals surface area contributed by atoms with E-state index in [1.807, 2.05) is 0 Å². The molecule has 3 aromatic carbocycles. The highest BCUT2D eigenvalue weighted by atomic mass is 32.2. The average Bonchev–Trinajstić information content (AvgIpc) is 2.65. The Hall–Kier alpha value is -3.24. The van der Waals surface area contributed by atoms with Crippen LogP contribution in [0.5, 0.6) is 5.75 Å². The molecule has 0 radical (unpaired) electrons. The second-order valence-corrected chi connectivity index (χ2v) is 9.31. The van der Waals surface area contributed by atoms with Crippen LogP contribution in [0, 0.1) is 6.92 Å². The lowest BCUT2D eigenvalue weighted by Gasteiger charge is -2.09. The van der Waals surface area contributed by atoms with Gasteiger partial charge in [-0.05, 0) is 48.2 Å². The number of aromatic hydroxyl groups is 1. The van der Waals surface area contributed by atoms with E-state index in [-0.39, 0.29) is 22.0 Å². The van der Waals surface area contributed by atoms with E-state index in [1.54, 1.807) is 6.92 Å². The van der Waals surface area contributed by atoms with Crippen LogP contribution in [0.15, 0.2) is 68.6 Å². The molecule has 0 fully saturated rings. The van der Waals surface area contributed by atoms with Gasteiger partial charge >= 0.3 is 10.6 Å². The minimum absolute atomic E-state index is 0.000321. The Morgan fingerprint density at radius 1 is 0.812 bits per heavy atom. The molecule has 0 aliphatic carbocycles. The summed E-state index contributed by atoms with van der Waals surface area (Å²) in [4.78, 5) is -0.749. The maximum atomic E-state index is 11.4. The maximum Gasteiger partial charge on any atom is 0.425 e. The molecule has 0 atom stereocenters. The molecule has 0 saturated carbocycles. The lowest BCUT2D eigenvalue weighted by atomic mass is 10.0. The second-order valence-electron chi connectivity index (χ2n) is 6.09. The van der Waals surface area contributed by atoms with Gasteiger partial charge in [-0.15, -0.1) is 22.9 Å². The fourth-order valence-corrected chi connectivity index (χ4v) is 3.93. The zero-order valence-corrected chi connectivity index (χ0v) is 18.4. The Morgan fingerprint density at radius 3 is 1.94 bits per heavy atom. The summed E-state index contributed by atoms with van der Waals surface area (Å²) >= 11 is 0. The van der Waals surface area contributed by atoms with E-state index < -0.39 is 35.7 Å². The van der Waals surface area contributed by atoms with Crippen molar-refractivity contribution in [1.29, 1.82) is 0 Å². The van der Waals surface area contributed by atoms with Gasteiger partial charge in [0.05, 0.1) is 4.90 Å². The summed E-state index contributed by atoms with van der Waals surface area (Å²) in [5, 5.41) is 18.8. The first kappa shape index (κ1) is 25.0. The maximum absolute atomic E-state index is 11.4. The number of phenols is 1. The zero-order chi connectivity index (χ0) is 24.3. The number of nitrogens with zero attached hydrogens (tertiary/aromatic N) is 2. The van der Waals surface area contributed by atoms with Gasteiger partial charge in [0.1, 0.15) is 16.3 Å². The van der Waals surface area contributed by atoms with Gasteiger partial charge in [-0.25, -0.2) is 0 Å². The van der Waals surface area contributed by atoms with E-state index in [0.29, 0.717) is 16.3 Å². The van der Waals surface area contributed by atoms with E-state index in [4.69, 9.17) is 12.6 Å². The third-order valence-corrected chi connectivity index (χ3v) is 5.68. The Morgan fingerprint density at radius 2 is 1.38 bits per heavy atom. The largest absolute Gasteiger partial charge is 0.505 e. The molecule has 3 N–H and O–H groups in total. The van der Waals surface area contributed by atoms with Crippen LogP contribution in [0.25, 0.3) is 10.8 Å². The van der Waals surface area contributed by atoms with Crippen LogP contribution in [0.2, 0.25) is 0 Å². The van der Waals surface area contributed by atoms with Gasteiger partial charge in [0.25, 0.3) is 20.2 Å². The van der Waals surface area contributed by atoms with Crippen molar-refractivity contribution in [3.63, 3.8) is 0 Å².